The maximum absolute atomic E-state index is 13.1. The molecule has 0 bridgehead atoms. The Balaban J connectivity index is 1.88. The van der Waals surface area contributed by atoms with E-state index in [4.69, 9.17) is 11.6 Å². The number of benzene rings is 2. The highest BCUT2D eigenvalue weighted by Gasteiger charge is 2.37. The average molecular weight is 385 g/mol. The zero-order valence-corrected chi connectivity index (χ0v) is 15.7. The number of nitrogens with zero attached hydrogens (tertiary/aromatic N) is 1. The summed E-state index contributed by atoms with van der Waals surface area (Å²) in [7, 11) is 0. The third kappa shape index (κ3) is 4.37. The van der Waals surface area contributed by atoms with Gasteiger partial charge in [0.15, 0.2) is 0 Å². The number of rotatable bonds is 6. The minimum atomic E-state index is -0.550. The molecule has 1 aliphatic rings. The molecule has 2 amide bonds. The Morgan fingerprint density at radius 3 is 2.63 bits per heavy atom. The van der Waals surface area contributed by atoms with Crippen LogP contribution in [0.5, 0.6) is 5.75 Å². The van der Waals surface area contributed by atoms with Gasteiger partial charge in [-0.2, -0.15) is 0 Å². The Hall–Kier alpha value is -2.66. The molecule has 0 aromatic heterocycles. The first-order chi connectivity index (χ1) is 13.0. The van der Waals surface area contributed by atoms with Crippen molar-refractivity contribution in [2.45, 2.75) is 32.2 Å². The molecule has 0 aliphatic carbocycles. The molecule has 0 spiro atoms. The van der Waals surface area contributed by atoms with Gasteiger partial charge in [-0.05, 0) is 36.1 Å². The van der Waals surface area contributed by atoms with Gasteiger partial charge in [0.25, 0.3) is 0 Å². The molecule has 0 saturated heterocycles. The summed E-state index contributed by atoms with van der Waals surface area (Å²) in [4.78, 5) is 29.1. The van der Waals surface area contributed by atoms with Crippen LogP contribution >= 0.6 is 11.6 Å². The van der Waals surface area contributed by atoms with Gasteiger partial charge in [0.2, 0.25) is 0 Å². The SMILES string of the molecule is CCC1=NC(=O)NC(c2ccc(O)c(Cl)c2)C1C(=O)CCc1ccccc1. The summed E-state index contributed by atoms with van der Waals surface area (Å²) in [6, 6.07) is 13.5. The molecule has 2 aromatic rings. The van der Waals surface area contributed by atoms with Crippen LogP contribution in [0.15, 0.2) is 53.5 Å². The number of aryl methyl sites for hydroxylation is 1. The predicted octanol–water partition coefficient (Wildman–Crippen LogP) is 4.48. The molecular formula is C21H21ClN2O3. The van der Waals surface area contributed by atoms with E-state index in [0.29, 0.717) is 30.5 Å². The largest absolute Gasteiger partial charge is 0.506 e. The third-order valence-corrected chi connectivity index (χ3v) is 5.06. The van der Waals surface area contributed by atoms with Gasteiger partial charge in [0, 0.05) is 12.1 Å². The molecule has 140 valence electrons. The van der Waals surface area contributed by atoms with Gasteiger partial charge < -0.3 is 10.4 Å². The maximum atomic E-state index is 13.1. The fraction of sp³-hybridized carbons (Fsp3) is 0.286. The molecule has 0 fully saturated rings. The Morgan fingerprint density at radius 1 is 1.22 bits per heavy atom. The number of phenolic OH excluding ortho intramolecular Hbond substituents is 1. The highest BCUT2D eigenvalue weighted by molar-refractivity contribution is 6.32. The van der Waals surface area contributed by atoms with Gasteiger partial charge in [0.1, 0.15) is 11.5 Å². The second-order valence-electron chi connectivity index (χ2n) is 6.52. The first kappa shape index (κ1) is 19.1. The number of hydrogen-bond acceptors (Lipinski definition) is 3. The van der Waals surface area contributed by atoms with E-state index in [0.717, 1.165) is 5.56 Å². The standard InChI is InChI=1S/C21H21ClN2O3/c1-2-16-19(18(26)10-8-13-6-4-3-5-7-13)20(24-21(27)23-16)14-9-11-17(25)15(22)12-14/h3-7,9,11-12,19-20,25H,2,8,10H2,1H3,(H,24,27). The van der Waals surface area contributed by atoms with Gasteiger partial charge in [-0.1, -0.05) is 54.9 Å². The molecule has 0 saturated carbocycles. The Kier molecular flexibility index (Phi) is 5.91. The lowest BCUT2D eigenvalue weighted by Crippen LogP contribution is -2.44. The molecule has 2 N–H and O–H groups in total. The number of halogens is 1. The van der Waals surface area contributed by atoms with Crippen LogP contribution in [0, 0.1) is 5.92 Å². The molecule has 27 heavy (non-hydrogen) atoms. The van der Waals surface area contributed by atoms with E-state index in [2.05, 4.69) is 10.3 Å². The molecule has 5 nitrogen and oxygen atoms in total. The van der Waals surface area contributed by atoms with Crippen LogP contribution in [0.25, 0.3) is 0 Å². The number of aliphatic imine (C=N–C) groups is 1. The second-order valence-corrected chi connectivity index (χ2v) is 6.93. The molecule has 6 heteroatoms. The number of amides is 2. The van der Waals surface area contributed by atoms with Crippen LogP contribution in [0.2, 0.25) is 5.02 Å². The summed E-state index contributed by atoms with van der Waals surface area (Å²) >= 11 is 6.03. The van der Waals surface area contributed by atoms with Crippen molar-refractivity contribution in [1.29, 1.82) is 0 Å². The van der Waals surface area contributed by atoms with Crippen LogP contribution in [0.4, 0.5) is 4.79 Å². The summed E-state index contributed by atoms with van der Waals surface area (Å²) < 4.78 is 0. The van der Waals surface area contributed by atoms with Crippen LogP contribution in [0.3, 0.4) is 0 Å². The molecular weight excluding hydrogens is 364 g/mol. The minimum Gasteiger partial charge on any atom is -0.506 e. The summed E-state index contributed by atoms with van der Waals surface area (Å²) in [5, 5.41) is 12.6. The third-order valence-electron chi connectivity index (χ3n) is 4.76. The number of phenols is 1. The predicted molar refractivity (Wildman–Crippen MR) is 105 cm³/mol. The minimum absolute atomic E-state index is 0.0219. The fourth-order valence-electron chi connectivity index (χ4n) is 3.37. The molecule has 3 rings (SSSR count). The number of carbonyl (C=O) groups excluding carboxylic acids is 2. The van der Waals surface area contributed by atoms with Gasteiger partial charge >= 0.3 is 6.03 Å². The van der Waals surface area contributed by atoms with Gasteiger partial charge in [-0.3, -0.25) is 4.79 Å². The van der Waals surface area contributed by atoms with E-state index in [1.54, 1.807) is 12.1 Å². The zero-order valence-electron chi connectivity index (χ0n) is 15.0. The smallest absolute Gasteiger partial charge is 0.341 e. The highest BCUT2D eigenvalue weighted by Crippen LogP contribution is 2.33. The molecule has 1 heterocycles. The number of urea groups is 1. The topological polar surface area (TPSA) is 78.8 Å². The first-order valence-electron chi connectivity index (χ1n) is 8.92. The summed E-state index contributed by atoms with van der Waals surface area (Å²) in [6.45, 7) is 1.88. The average Bonchev–Trinajstić information content (AvgIpc) is 2.68. The van der Waals surface area contributed by atoms with Crippen LogP contribution in [0.1, 0.15) is 36.9 Å². The normalized spacial score (nSPS) is 19.3. The Bertz CT molecular complexity index is 880. The summed E-state index contributed by atoms with van der Waals surface area (Å²) in [5.41, 5.74) is 2.33. The van der Waals surface area contributed by atoms with Crippen molar-refractivity contribution in [3.05, 3.63) is 64.7 Å². The Morgan fingerprint density at radius 2 is 1.96 bits per heavy atom. The van der Waals surface area contributed by atoms with E-state index in [1.165, 1.54) is 6.07 Å². The molecule has 2 atom stereocenters. The number of aromatic hydroxyl groups is 1. The Labute approximate surface area is 163 Å². The maximum Gasteiger partial charge on any atom is 0.341 e. The molecule has 0 radical (unpaired) electrons. The van der Waals surface area contributed by atoms with Crippen molar-refractivity contribution >= 4 is 29.1 Å². The van der Waals surface area contributed by atoms with Crippen LogP contribution in [-0.4, -0.2) is 22.6 Å². The lowest BCUT2D eigenvalue weighted by molar-refractivity contribution is -0.121. The van der Waals surface area contributed by atoms with Gasteiger partial charge in [-0.15, -0.1) is 0 Å². The number of carbonyl (C=O) groups is 2. The lowest BCUT2D eigenvalue weighted by Gasteiger charge is -2.31. The lowest BCUT2D eigenvalue weighted by atomic mass is 9.82. The van der Waals surface area contributed by atoms with Crippen molar-refractivity contribution in [3.8, 4) is 5.75 Å². The zero-order chi connectivity index (χ0) is 19.4. The molecule has 2 unspecified atom stereocenters. The van der Waals surface area contributed by atoms with E-state index in [9.17, 15) is 14.7 Å². The van der Waals surface area contributed by atoms with Crippen LogP contribution in [-0.2, 0) is 11.2 Å². The first-order valence-corrected chi connectivity index (χ1v) is 9.30. The monoisotopic (exact) mass is 384 g/mol. The molecule has 1 aliphatic heterocycles. The number of Topliss-reactive ketones (excluding diaryl/α,β-unsaturated/α-hetero) is 1. The fourth-order valence-corrected chi connectivity index (χ4v) is 3.56. The molecule has 2 aromatic carbocycles. The van der Waals surface area contributed by atoms with Gasteiger partial charge in [-0.25, -0.2) is 9.79 Å². The van der Waals surface area contributed by atoms with Crippen LogP contribution < -0.4 is 5.32 Å². The summed E-state index contributed by atoms with van der Waals surface area (Å²) in [6.07, 6.45) is 1.49. The van der Waals surface area contributed by atoms with E-state index >= 15 is 0 Å². The van der Waals surface area contributed by atoms with E-state index in [-0.39, 0.29) is 16.6 Å². The van der Waals surface area contributed by atoms with E-state index in [1.807, 2.05) is 37.3 Å². The number of hydrogen-bond donors (Lipinski definition) is 2. The second kappa shape index (κ2) is 8.35. The van der Waals surface area contributed by atoms with Crippen molar-refractivity contribution in [2.75, 3.05) is 0 Å². The number of ketones is 1. The van der Waals surface area contributed by atoms with Crippen molar-refractivity contribution in [2.24, 2.45) is 10.9 Å². The van der Waals surface area contributed by atoms with E-state index < -0.39 is 18.0 Å². The van der Waals surface area contributed by atoms with Crippen molar-refractivity contribution in [3.63, 3.8) is 0 Å². The van der Waals surface area contributed by atoms with Crippen molar-refractivity contribution < 1.29 is 14.7 Å². The summed E-state index contributed by atoms with van der Waals surface area (Å²) in [5.74, 6) is -0.565. The van der Waals surface area contributed by atoms with Gasteiger partial charge in [0.05, 0.1) is 17.0 Å². The van der Waals surface area contributed by atoms with Crippen molar-refractivity contribution in [1.82, 2.24) is 5.32 Å². The number of nitrogens with one attached hydrogen (secondary N) is 1. The quantitative estimate of drug-likeness (QED) is 0.770. The highest BCUT2D eigenvalue weighted by atomic mass is 35.5.